The molecule has 1 amide bonds. The zero-order chi connectivity index (χ0) is 14.7. The molecule has 6 heteroatoms. The normalized spacial score (nSPS) is 22.6. The summed E-state index contributed by atoms with van der Waals surface area (Å²) in [4.78, 5) is 18.1. The van der Waals surface area contributed by atoms with Crippen molar-refractivity contribution in [3.8, 4) is 0 Å². The highest BCUT2D eigenvalue weighted by atomic mass is 16.5. The third-order valence-corrected chi connectivity index (χ3v) is 4.23. The van der Waals surface area contributed by atoms with Gasteiger partial charge in [-0.2, -0.15) is 0 Å². The molecule has 1 saturated heterocycles. The summed E-state index contributed by atoms with van der Waals surface area (Å²) in [6, 6.07) is 1.82. The second kappa shape index (κ2) is 6.51. The fraction of sp³-hybridized carbons (Fsp3) is 0.600. The summed E-state index contributed by atoms with van der Waals surface area (Å²) in [6.45, 7) is 3.60. The van der Waals surface area contributed by atoms with Gasteiger partial charge in [0.1, 0.15) is 0 Å². The van der Waals surface area contributed by atoms with Gasteiger partial charge in [0.15, 0.2) is 0 Å². The van der Waals surface area contributed by atoms with Crippen LogP contribution in [0.5, 0.6) is 0 Å². The first-order valence-electron chi connectivity index (χ1n) is 7.52. The SMILES string of the molecule is O=C(NO)c1cnc2c(c1)CCN(C[C@H]1CCCCO1)C2. The number of nitrogens with one attached hydrogen (secondary N) is 1. The van der Waals surface area contributed by atoms with E-state index in [1.54, 1.807) is 5.48 Å². The predicted molar refractivity (Wildman–Crippen MR) is 76.1 cm³/mol. The molecular formula is C15H21N3O3. The van der Waals surface area contributed by atoms with E-state index in [0.717, 1.165) is 50.3 Å². The van der Waals surface area contributed by atoms with Gasteiger partial charge in [-0.05, 0) is 37.3 Å². The van der Waals surface area contributed by atoms with Crippen molar-refractivity contribution >= 4 is 5.91 Å². The highest BCUT2D eigenvalue weighted by molar-refractivity contribution is 5.93. The third-order valence-electron chi connectivity index (χ3n) is 4.23. The minimum absolute atomic E-state index is 0.347. The van der Waals surface area contributed by atoms with Crippen molar-refractivity contribution in [1.82, 2.24) is 15.4 Å². The van der Waals surface area contributed by atoms with E-state index in [0.29, 0.717) is 11.7 Å². The lowest BCUT2D eigenvalue weighted by Crippen LogP contribution is -2.39. The molecule has 2 aliphatic rings. The number of aromatic nitrogens is 1. The minimum atomic E-state index is -0.511. The summed E-state index contributed by atoms with van der Waals surface area (Å²) in [5.41, 5.74) is 4.16. The number of pyridine rings is 1. The van der Waals surface area contributed by atoms with Gasteiger partial charge in [-0.1, -0.05) is 0 Å². The van der Waals surface area contributed by atoms with Gasteiger partial charge in [0, 0.05) is 32.4 Å². The van der Waals surface area contributed by atoms with Crippen LogP contribution in [-0.4, -0.2) is 46.8 Å². The maximum Gasteiger partial charge on any atom is 0.276 e. The Labute approximate surface area is 124 Å². The van der Waals surface area contributed by atoms with Gasteiger partial charge >= 0.3 is 0 Å². The van der Waals surface area contributed by atoms with Crippen molar-refractivity contribution in [2.75, 3.05) is 19.7 Å². The van der Waals surface area contributed by atoms with Crippen LogP contribution in [0.15, 0.2) is 12.3 Å². The van der Waals surface area contributed by atoms with Crippen molar-refractivity contribution in [1.29, 1.82) is 0 Å². The van der Waals surface area contributed by atoms with Gasteiger partial charge in [0.25, 0.3) is 5.91 Å². The average Bonchev–Trinajstić information content (AvgIpc) is 2.54. The van der Waals surface area contributed by atoms with Crippen molar-refractivity contribution in [3.05, 3.63) is 29.1 Å². The maximum atomic E-state index is 11.4. The Morgan fingerprint density at radius 2 is 2.43 bits per heavy atom. The summed E-state index contributed by atoms with van der Waals surface area (Å²) in [5, 5.41) is 8.67. The molecule has 3 rings (SSSR count). The number of carbonyl (C=O) groups is 1. The number of amides is 1. The van der Waals surface area contributed by atoms with Crippen molar-refractivity contribution in [2.45, 2.75) is 38.3 Å². The van der Waals surface area contributed by atoms with Gasteiger partial charge in [-0.15, -0.1) is 0 Å². The van der Waals surface area contributed by atoms with Crippen LogP contribution < -0.4 is 5.48 Å². The van der Waals surface area contributed by atoms with Gasteiger partial charge in [0.2, 0.25) is 0 Å². The van der Waals surface area contributed by atoms with Crippen LogP contribution in [0.1, 0.15) is 40.9 Å². The summed E-state index contributed by atoms with van der Waals surface area (Å²) in [6.07, 6.45) is 6.32. The smallest absolute Gasteiger partial charge is 0.276 e. The number of hydroxylamine groups is 1. The van der Waals surface area contributed by atoms with E-state index in [2.05, 4.69) is 9.88 Å². The molecule has 0 bridgehead atoms. The van der Waals surface area contributed by atoms with E-state index in [1.165, 1.54) is 19.0 Å². The molecule has 2 N–H and O–H groups in total. The van der Waals surface area contributed by atoms with Gasteiger partial charge in [-0.25, -0.2) is 5.48 Å². The van der Waals surface area contributed by atoms with Crippen LogP contribution in [0.3, 0.4) is 0 Å². The molecule has 0 unspecified atom stereocenters. The predicted octanol–water partition coefficient (Wildman–Crippen LogP) is 1.13. The molecule has 0 aliphatic carbocycles. The lowest BCUT2D eigenvalue weighted by Gasteiger charge is -2.32. The first kappa shape index (κ1) is 14.4. The first-order valence-corrected chi connectivity index (χ1v) is 7.52. The zero-order valence-electron chi connectivity index (χ0n) is 12.0. The molecule has 3 heterocycles. The highest BCUT2D eigenvalue weighted by Gasteiger charge is 2.23. The standard InChI is InChI=1S/C15H21N3O3/c19-15(17-20)12-7-11-4-5-18(10-14(11)16-8-12)9-13-3-1-2-6-21-13/h7-8,13,20H,1-6,9-10H2,(H,17,19)/t13-/m1/s1. The van der Waals surface area contributed by atoms with Crippen LogP contribution in [0.4, 0.5) is 0 Å². The molecule has 6 nitrogen and oxygen atoms in total. The fourth-order valence-corrected chi connectivity index (χ4v) is 3.05. The Morgan fingerprint density at radius 3 is 3.19 bits per heavy atom. The average molecular weight is 291 g/mol. The maximum absolute atomic E-state index is 11.4. The molecule has 1 aromatic heterocycles. The molecular weight excluding hydrogens is 270 g/mol. The minimum Gasteiger partial charge on any atom is -0.377 e. The Balaban J connectivity index is 1.64. The quantitative estimate of drug-likeness (QED) is 0.645. The Bertz CT molecular complexity index is 515. The van der Waals surface area contributed by atoms with E-state index in [9.17, 15) is 4.79 Å². The van der Waals surface area contributed by atoms with Gasteiger partial charge in [-0.3, -0.25) is 19.9 Å². The summed E-state index contributed by atoms with van der Waals surface area (Å²) in [5.74, 6) is -0.511. The third kappa shape index (κ3) is 3.40. The van der Waals surface area contributed by atoms with Crippen LogP contribution in [0.25, 0.3) is 0 Å². The Hall–Kier alpha value is -1.50. The fourth-order valence-electron chi connectivity index (χ4n) is 3.05. The molecule has 1 aromatic rings. The molecule has 1 fully saturated rings. The van der Waals surface area contributed by atoms with Crippen LogP contribution >= 0.6 is 0 Å². The number of hydrogen-bond donors (Lipinski definition) is 2. The van der Waals surface area contributed by atoms with E-state index in [-0.39, 0.29) is 0 Å². The Kier molecular flexibility index (Phi) is 4.48. The highest BCUT2D eigenvalue weighted by Crippen LogP contribution is 2.21. The van der Waals surface area contributed by atoms with Gasteiger partial charge < -0.3 is 4.74 Å². The molecule has 114 valence electrons. The topological polar surface area (TPSA) is 74.7 Å². The number of nitrogens with zero attached hydrogens (tertiary/aromatic N) is 2. The van der Waals surface area contributed by atoms with Crippen LogP contribution in [0, 0.1) is 0 Å². The molecule has 0 aromatic carbocycles. The molecule has 0 spiro atoms. The number of carbonyl (C=O) groups excluding carboxylic acids is 1. The lowest BCUT2D eigenvalue weighted by atomic mass is 10.0. The number of ether oxygens (including phenoxy) is 1. The molecule has 1 atom stereocenters. The zero-order valence-corrected chi connectivity index (χ0v) is 12.0. The second-order valence-electron chi connectivity index (χ2n) is 5.74. The van der Waals surface area contributed by atoms with E-state index in [1.807, 2.05) is 6.07 Å². The second-order valence-corrected chi connectivity index (χ2v) is 5.74. The molecule has 0 saturated carbocycles. The number of fused-ring (bicyclic) bond motifs is 1. The largest absolute Gasteiger partial charge is 0.377 e. The van der Waals surface area contributed by atoms with E-state index in [4.69, 9.17) is 9.94 Å². The Morgan fingerprint density at radius 1 is 1.52 bits per heavy atom. The van der Waals surface area contributed by atoms with E-state index < -0.39 is 5.91 Å². The van der Waals surface area contributed by atoms with Crippen molar-refractivity contribution < 1.29 is 14.7 Å². The lowest BCUT2D eigenvalue weighted by molar-refractivity contribution is -0.00826. The number of hydrogen-bond acceptors (Lipinski definition) is 5. The number of rotatable bonds is 3. The molecule has 21 heavy (non-hydrogen) atoms. The van der Waals surface area contributed by atoms with Crippen LogP contribution in [0.2, 0.25) is 0 Å². The summed E-state index contributed by atoms with van der Waals surface area (Å²) in [7, 11) is 0. The summed E-state index contributed by atoms with van der Waals surface area (Å²) >= 11 is 0. The van der Waals surface area contributed by atoms with Crippen molar-refractivity contribution in [2.24, 2.45) is 0 Å². The molecule has 2 aliphatic heterocycles. The van der Waals surface area contributed by atoms with Crippen LogP contribution in [-0.2, 0) is 17.7 Å². The summed E-state index contributed by atoms with van der Waals surface area (Å²) < 4.78 is 5.79. The molecule has 0 radical (unpaired) electrons. The van der Waals surface area contributed by atoms with Crippen molar-refractivity contribution in [3.63, 3.8) is 0 Å². The van der Waals surface area contributed by atoms with Gasteiger partial charge in [0.05, 0.1) is 17.4 Å². The first-order chi connectivity index (χ1) is 10.3. The monoisotopic (exact) mass is 291 g/mol. The van der Waals surface area contributed by atoms with E-state index >= 15 is 0 Å².